The van der Waals surface area contributed by atoms with Crippen LogP contribution in [-0.4, -0.2) is 30.4 Å². The van der Waals surface area contributed by atoms with E-state index in [-0.39, 0.29) is 29.7 Å². The summed E-state index contributed by atoms with van der Waals surface area (Å²) in [5.74, 6) is 0.279. The predicted octanol–water partition coefficient (Wildman–Crippen LogP) is 3.80. The van der Waals surface area contributed by atoms with E-state index < -0.39 is 0 Å². The molecule has 2 aromatic rings. The SMILES string of the molecule is CCc1cc(-c2ccc(O)c(OC)c2OCC(C)=O)ccc1C(C)=O. The molecule has 0 saturated carbocycles. The van der Waals surface area contributed by atoms with Gasteiger partial charge in [0.25, 0.3) is 0 Å². The second kappa shape index (κ2) is 7.83. The Morgan fingerprint density at radius 1 is 1.08 bits per heavy atom. The van der Waals surface area contributed by atoms with E-state index in [1.807, 2.05) is 19.1 Å². The van der Waals surface area contributed by atoms with Crippen LogP contribution in [0.25, 0.3) is 11.1 Å². The lowest BCUT2D eigenvalue weighted by Gasteiger charge is -2.17. The first kappa shape index (κ1) is 18.5. The van der Waals surface area contributed by atoms with Crippen LogP contribution in [0.3, 0.4) is 0 Å². The smallest absolute Gasteiger partial charge is 0.203 e. The molecule has 0 heterocycles. The number of rotatable bonds is 7. The second-order valence-electron chi connectivity index (χ2n) is 5.77. The number of aromatic hydroxyl groups is 1. The van der Waals surface area contributed by atoms with Gasteiger partial charge in [-0.2, -0.15) is 0 Å². The van der Waals surface area contributed by atoms with Crippen LogP contribution in [0.1, 0.15) is 36.7 Å². The largest absolute Gasteiger partial charge is 0.504 e. The number of aryl methyl sites for hydroxylation is 1. The molecule has 2 rings (SSSR count). The van der Waals surface area contributed by atoms with Gasteiger partial charge in [-0.3, -0.25) is 9.59 Å². The quantitative estimate of drug-likeness (QED) is 0.775. The predicted molar refractivity (Wildman–Crippen MR) is 95.7 cm³/mol. The lowest BCUT2D eigenvalue weighted by Crippen LogP contribution is -2.08. The number of phenols is 1. The van der Waals surface area contributed by atoms with Gasteiger partial charge in [0.15, 0.2) is 23.1 Å². The number of ether oxygens (including phenoxy) is 2. The van der Waals surface area contributed by atoms with Gasteiger partial charge in [-0.15, -0.1) is 0 Å². The van der Waals surface area contributed by atoms with Gasteiger partial charge in [0, 0.05) is 11.1 Å². The molecule has 25 heavy (non-hydrogen) atoms. The summed E-state index contributed by atoms with van der Waals surface area (Å²) in [7, 11) is 1.43. The first-order valence-corrected chi connectivity index (χ1v) is 8.05. The van der Waals surface area contributed by atoms with Gasteiger partial charge in [-0.05, 0) is 43.5 Å². The molecule has 0 aliphatic rings. The zero-order valence-corrected chi connectivity index (χ0v) is 14.9. The molecule has 132 valence electrons. The Morgan fingerprint density at radius 2 is 1.80 bits per heavy atom. The van der Waals surface area contributed by atoms with Crippen LogP contribution in [0.2, 0.25) is 0 Å². The van der Waals surface area contributed by atoms with Crippen molar-refractivity contribution in [2.45, 2.75) is 27.2 Å². The molecule has 0 spiro atoms. The molecule has 0 bridgehead atoms. The van der Waals surface area contributed by atoms with E-state index in [0.717, 1.165) is 11.1 Å². The Labute approximate surface area is 147 Å². The fourth-order valence-electron chi connectivity index (χ4n) is 2.69. The number of hydrogen-bond acceptors (Lipinski definition) is 5. The van der Waals surface area contributed by atoms with Crippen molar-refractivity contribution in [2.24, 2.45) is 0 Å². The average molecular weight is 342 g/mol. The first-order valence-electron chi connectivity index (χ1n) is 8.05. The fourth-order valence-corrected chi connectivity index (χ4v) is 2.69. The van der Waals surface area contributed by atoms with Crippen molar-refractivity contribution in [1.29, 1.82) is 0 Å². The minimum atomic E-state index is -0.141. The van der Waals surface area contributed by atoms with Crippen molar-refractivity contribution >= 4 is 11.6 Å². The summed E-state index contributed by atoms with van der Waals surface area (Å²) in [6, 6.07) is 8.74. The standard InChI is InChI=1S/C20H22O5/c1-5-14-10-15(6-7-16(14)13(3)22)17-8-9-18(23)20(24-4)19(17)25-11-12(2)21/h6-10,23H,5,11H2,1-4H3. The maximum atomic E-state index is 11.7. The molecule has 0 saturated heterocycles. The van der Waals surface area contributed by atoms with Crippen molar-refractivity contribution in [3.63, 3.8) is 0 Å². The van der Waals surface area contributed by atoms with Gasteiger partial charge >= 0.3 is 0 Å². The summed E-state index contributed by atoms with van der Waals surface area (Å²) in [6.07, 6.45) is 0.710. The van der Waals surface area contributed by atoms with Crippen LogP contribution < -0.4 is 9.47 Å². The molecule has 5 heteroatoms. The van der Waals surface area contributed by atoms with E-state index >= 15 is 0 Å². The lowest BCUT2D eigenvalue weighted by molar-refractivity contribution is -0.118. The minimum Gasteiger partial charge on any atom is -0.504 e. The van der Waals surface area contributed by atoms with E-state index in [1.54, 1.807) is 19.1 Å². The number of carbonyl (C=O) groups is 2. The van der Waals surface area contributed by atoms with E-state index in [4.69, 9.17) is 9.47 Å². The summed E-state index contributed by atoms with van der Waals surface area (Å²) in [5, 5.41) is 10.0. The number of ketones is 2. The number of benzene rings is 2. The molecular formula is C20H22O5. The van der Waals surface area contributed by atoms with Crippen molar-refractivity contribution < 1.29 is 24.2 Å². The maximum Gasteiger partial charge on any atom is 0.203 e. The Hall–Kier alpha value is -2.82. The highest BCUT2D eigenvalue weighted by atomic mass is 16.5. The second-order valence-corrected chi connectivity index (χ2v) is 5.77. The molecular weight excluding hydrogens is 320 g/mol. The molecule has 0 aromatic heterocycles. The summed E-state index contributed by atoms with van der Waals surface area (Å²) in [5.41, 5.74) is 3.11. The van der Waals surface area contributed by atoms with E-state index in [2.05, 4.69) is 0 Å². The van der Waals surface area contributed by atoms with Crippen molar-refractivity contribution in [2.75, 3.05) is 13.7 Å². The first-order chi connectivity index (χ1) is 11.9. The molecule has 0 radical (unpaired) electrons. The molecule has 0 aliphatic carbocycles. The van der Waals surface area contributed by atoms with Gasteiger partial charge in [-0.1, -0.05) is 25.1 Å². The molecule has 0 aliphatic heterocycles. The molecule has 5 nitrogen and oxygen atoms in total. The van der Waals surface area contributed by atoms with Crippen LogP contribution in [0.4, 0.5) is 0 Å². The van der Waals surface area contributed by atoms with Crippen LogP contribution in [0.5, 0.6) is 17.2 Å². The summed E-state index contributed by atoms with van der Waals surface area (Å²) < 4.78 is 10.9. The molecule has 0 atom stereocenters. The third kappa shape index (κ3) is 3.99. The van der Waals surface area contributed by atoms with Crippen LogP contribution in [0, 0.1) is 0 Å². The number of hydrogen-bond donors (Lipinski definition) is 1. The molecule has 2 aromatic carbocycles. The Morgan fingerprint density at radius 3 is 2.36 bits per heavy atom. The Bertz CT molecular complexity index is 808. The van der Waals surface area contributed by atoms with E-state index in [9.17, 15) is 14.7 Å². The number of methoxy groups -OCH3 is 1. The summed E-state index contributed by atoms with van der Waals surface area (Å²) in [4.78, 5) is 23.1. The van der Waals surface area contributed by atoms with Gasteiger partial charge < -0.3 is 14.6 Å². The number of phenolic OH excluding ortho intramolecular Hbond substituents is 1. The molecule has 0 unspecified atom stereocenters. The minimum absolute atomic E-state index is 0.0136. The van der Waals surface area contributed by atoms with Crippen LogP contribution in [0.15, 0.2) is 30.3 Å². The van der Waals surface area contributed by atoms with Crippen molar-refractivity contribution in [3.05, 3.63) is 41.5 Å². The van der Waals surface area contributed by atoms with Crippen LogP contribution in [-0.2, 0) is 11.2 Å². The Kier molecular flexibility index (Phi) is 5.80. The lowest BCUT2D eigenvalue weighted by atomic mass is 9.95. The monoisotopic (exact) mass is 342 g/mol. The van der Waals surface area contributed by atoms with E-state index in [0.29, 0.717) is 23.3 Å². The van der Waals surface area contributed by atoms with Gasteiger partial charge in [0.2, 0.25) is 5.75 Å². The zero-order valence-electron chi connectivity index (χ0n) is 14.9. The van der Waals surface area contributed by atoms with Crippen molar-refractivity contribution in [1.82, 2.24) is 0 Å². The third-order valence-electron chi connectivity index (χ3n) is 3.89. The van der Waals surface area contributed by atoms with Crippen molar-refractivity contribution in [3.8, 4) is 28.4 Å². The zero-order chi connectivity index (χ0) is 18.6. The Balaban J connectivity index is 2.61. The highest BCUT2D eigenvalue weighted by Crippen LogP contribution is 2.44. The number of carbonyl (C=O) groups excluding carboxylic acids is 2. The highest BCUT2D eigenvalue weighted by Gasteiger charge is 2.18. The number of Topliss-reactive ketones (excluding diaryl/α,β-unsaturated/α-hetero) is 2. The van der Waals surface area contributed by atoms with Crippen LogP contribution >= 0.6 is 0 Å². The average Bonchev–Trinajstić information content (AvgIpc) is 2.59. The summed E-state index contributed by atoms with van der Waals surface area (Å²) >= 11 is 0. The van der Waals surface area contributed by atoms with E-state index in [1.165, 1.54) is 20.1 Å². The fraction of sp³-hybridized carbons (Fsp3) is 0.300. The third-order valence-corrected chi connectivity index (χ3v) is 3.89. The molecule has 0 fully saturated rings. The molecule has 0 amide bonds. The van der Waals surface area contributed by atoms with Gasteiger partial charge in [0.1, 0.15) is 6.61 Å². The topological polar surface area (TPSA) is 72.8 Å². The molecule has 1 N–H and O–H groups in total. The van der Waals surface area contributed by atoms with Gasteiger partial charge in [-0.25, -0.2) is 0 Å². The normalized spacial score (nSPS) is 10.4. The maximum absolute atomic E-state index is 11.7. The summed E-state index contributed by atoms with van der Waals surface area (Å²) in [6.45, 7) is 4.82. The van der Waals surface area contributed by atoms with Gasteiger partial charge in [0.05, 0.1) is 7.11 Å². The highest BCUT2D eigenvalue weighted by molar-refractivity contribution is 5.96.